The van der Waals surface area contributed by atoms with Gasteiger partial charge in [0.1, 0.15) is 5.82 Å². The van der Waals surface area contributed by atoms with Crippen LogP contribution in [0.15, 0.2) is 105 Å². The number of allylic oxidation sites excluding steroid dienone is 5. The highest BCUT2D eigenvalue weighted by molar-refractivity contribution is 9.11. The van der Waals surface area contributed by atoms with Crippen molar-refractivity contribution >= 4 is 33.6 Å². The van der Waals surface area contributed by atoms with Gasteiger partial charge in [-0.1, -0.05) is 78.3 Å². The van der Waals surface area contributed by atoms with E-state index in [9.17, 15) is 0 Å². The first-order valence-corrected chi connectivity index (χ1v) is 13.6. The molecule has 4 rings (SSSR count). The number of hydrogen-bond acceptors (Lipinski definition) is 7. The lowest BCUT2D eigenvalue weighted by Crippen LogP contribution is -2.39. The van der Waals surface area contributed by atoms with E-state index in [0.29, 0.717) is 5.25 Å². The van der Waals surface area contributed by atoms with Crippen molar-refractivity contribution in [3.8, 4) is 0 Å². The number of aliphatic imine (C=N–C) groups is 1. The van der Waals surface area contributed by atoms with Gasteiger partial charge in [-0.05, 0) is 37.4 Å². The molecule has 1 aromatic rings. The topological polar surface area (TPSA) is 54.9 Å². The summed E-state index contributed by atoms with van der Waals surface area (Å²) >= 11 is 5.38. The maximum absolute atomic E-state index is 4.86. The van der Waals surface area contributed by atoms with Gasteiger partial charge >= 0.3 is 0 Å². The van der Waals surface area contributed by atoms with Crippen LogP contribution in [0.4, 0.5) is 0 Å². The predicted molar refractivity (Wildman–Crippen MR) is 154 cm³/mol. The smallest absolute Gasteiger partial charge is 0.161 e. The molecule has 3 N–H and O–H groups in total. The summed E-state index contributed by atoms with van der Waals surface area (Å²) in [5.74, 6) is 1.85. The van der Waals surface area contributed by atoms with Crippen molar-refractivity contribution < 1.29 is 0 Å². The number of rotatable bonds is 8. The van der Waals surface area contributed by atoms with Gasteiger partial charge in [-0.3, -0.25) is 0 Å². The number of benzene rings is 1. The van der Waals surface area contributed by atoms with Crippen LogP contribution in [0.5, 0.6) is 0 Å². The maximum atomic E-state index is 4.86. The molecule has 0 radical (unpaired) electrons. The van der Waals surface area contributed by atoms with Crippen LogP contribution in [0.1, 0.15) is 32.8 Å². The second kappa shape index (κ2) is 13.4. The van der Waals surface area contributed by atoms with Crippen molar-refractivity contribution in [3.63, 3.8) is 0 Å². The third-order valence-corrected chi connectivity index (χ3v) is 6.82. The molecule has 2 heterocycles. The molecule has 35 heavy (non-hydrogen) atoms. The number of fused-ring (bicyclic) bond motifs is 1. The molecule has 1 aliphatic carbocycles. The first-order valence-electron chi connectivity index (χ1n) is 11.9. The zero-order valence-electron chi connectivity index (χ0n) is 21.0. The molecule has 0 saturated heterocycles. The lowest BCUT2D eigenvalue weighted by molar-refractivity contribution is 0.331. The zero-order chi connectivity index (χ0) is 25.2. The van der Waals surface area contributed by atoms with E-state index in [1.807, 2.05) is 69.2 Å². The van der Waals surface area contributed by atoms with Gasteiger partial charge in [-0.15, -0.1) is 0 Å². The highest BCUT2D eigenvalue weighted by Gasteiger charge is 2.28. The van der Waals surface area contributed by atoms with Crippen LogP contribution in [-0.2, 0) is 0 Å². The molecule has 3 aliphatic rings. The van der Waals surface area contributed by atoms with Crippen molar-refractivity contribution in [2.75, 3.05) is 20.6 Å². The second-order valence-electron chi connectivity index (χ2n) is 7.95. The molecule has 0 aromatic heterocycles. The number of nitrogens with zero attached hydrogens (tertiary/aromatic N) is 3. The lowest BCUT2D eigenvalue weighted by atomic mass is 10.1. The number of nitrogens with one attached hydrogen (secondary N) is 3. The van der Waals surface area contributed by atoms with Gasteiger partial charge in [0.25, 0.3) is 0 Å². The van der Waals surface area contributed by atoms with Crippen LogP contribution in [0.3, 0.4) is 0 Å². The van der Waals surface area contributed by atoms with Gasteiger partial charge in [0.15, 0.2) is 5.82 Å². The Kier molecular flexibility index (Phi) is 10.3. The van der Waals surface area contributed by atoms with Crippen LogP contribution in [0, 0.1) is 0 Å². The Hall–Kier alpha value is -2.68. The molecule has 8 heteroatoms. The molecular weight excluding hydrogens is 520 g/mol. The quantitative estimate of drug-likeness (QED) is 0.280. The minimum Gasteiger partial charge on any atom is -0.383 e. The largest absolute Gasteiger partial charge is 0.383 e. The Morgan fingerprint density at radius 1 is 1.26 bits per heavy atom. The van der Waals surface area contributed by atoms with Gasteiger partial charge < -0.3 is 14.9 Å². The molecule has 186 valence electrons. The summed E-state index contributed by atoms with van der Waals surface area (Å²) in [5, 5.41) is 5.96. The van der Waals surface area contributed by atoms with Gasteiger partial charge in [0.05, 0.1) is 16.7 Å². The fourth-order valence-electron chi connectivity index (χ4n) is 3.41. The summed E-state index contributed by atoms with van der Waals surface area (Å²) in [6.45, 7) is 6.76. The Morgan fingerprint density at radius 3 is 2.69 bits per heavy atom. The van der Waals surface area contributed by atoms with Crippen LogP contribution >= 0.6 is 27.9 Å². The van der Waals surface area contributed by atoms with Crippen LogP contribution in [0.25, 0.3) is 0 Å². The Bertz CT molecular complexity index is 1080. The summed E-state index contributed by atoms with van der Waals surface area (Å²) in [6.07, 6.45) is 15.9. The molecule has 0 fully saturated rings. The lowest BCUT2D eigenvalue weighted by Gasteiger charge is -2.29. The molecule has 1 atom stereocenters. The Morgan fingerprint density at radius 2 is 2.03 bits per heavy atom. The Labute approximate surface area is 222 Å². The normalized spacial score (nSPS) is 19.5. The number of hydrazine groups is 1. The minimum atomic E-state index is 0.370. The fraction of sp³-hybridized carbons (Fsp3) is 0.296. The number of hydrogen-bond donors (Lipinski definition) is 3. The first kappa shape index (κ1) is 26.9. The number of halogens is 1. The summed E-state index contributed by atoms with van der Waals surface area (Å²) in [7, 11) is 4.04. The molecule has 2 aliphatic heterocycles. The summed E-state index contributed by atoms with van der Waals surface area (Å²) < 4.78 is 4.50. The van der Waals surface area contributed by atoms with Crippen LogP contribution in [-0.4, -0.2) is 41.5 Å². The SMILES string of the molecule is C/C=C(\C=C/N(C)C)NSC1C=CC(NC2=CC(c3ccccc3)=NC3=C(Br)CNN23)=CC1.CC. The van der Waals surface area contributed by atoms with Gasteiger partial charge in [0, 0.05) is 48.6 Å². The van der Waals surface area contributed by atoms with Crippen molar-refractivity contribution in [2.24, 2.45) is 4.99 Å². The van der Waals surface area contributed by atoms with Crippen LogP contribution in [0.2, 0.25) is 0 Å². The third kappa shape index (κ3) is 7.40. The zero-order valence-corrected chi connectivity index (χ0v) is 23.5. The maximum Gasteiger partial charge on any atom is 0.161 e. The Balaban J connectivity index is 0.00000167. The van der Waals surface area contributed by atoms with Gasteiger partial charge in [0.2, 0.25) is 0 Å². The van der Waals surface area contributed by atoms with Crippen molar-refractivity contribution in [3.05, 3.63) is 106 Å². The summed E-state index contributed by atoms with van der Waals surface area (Å²) in [5.41, 5.74) is 7.59. The summed E-state index contributed by atoms with van der Waals surface area (Å²) in [4.78, 5) is 6.89. The van der Waals surface area contributed by atoms with E-state index in [4.69, 9.17) is 4.99 Å². The first-order chi connectivity index (χ1) is 17.0. The molecule has 0 spiro atoms. The van der Waals surface area contributed by atoms with Crippen molar-refractivity contribution in [1.29, 1.82) is 0 Å². The molecule has 0 amide bonds. The van der Waals surface area contributed by atoms with E-state index < -0.39 is 0 Å². The average molecular weight is 556 g/mol. The third-order valence-electron chi connectivity index (χ3n) is 5.18. The molecule has 6 nitrogen and oxygen atoms in total. The predicted octanol–water partition coefficient (Wildman–Crippen LogP) is 5.76. The van der Waals surface area contributed by atoms with E-state index in [-0.39, 0.29) is 0 Å². The van der Waals surface area contributed by atoms with E-state index in [0.717, 1.165) is 51.8 Å². The van der Waals surface area contributed by atoms with E-state index in [1.54, 1.807) is 11.9 Å². The van der Waals surface area contributed by atoms with E-state index in [1.165, 1.54) is 0 Å². The van der Waals surface area contributed by atoms with E-state index in [2.05, 4.69) is 80.0 Å². The van der Waals surface area contributed by atoms with Gasteiger partial charge in [-0.2, -0.15) is 0 Å². The van der Waals surface area contributed by atoms with E-state index >= 15 is 0 Å². The molecule has 0 saturated carbocycles. The standard InChI is InChI=1S/C25H29BrN6S.C2H6/c1-4-19(14-15-31(2)3)30-33-21-12-10-20(11-13-21)28-24-16-23(18-8-6-5-7-9-18)29-25-22(26)17-27-32(24)25;1-2/h4-12,14-16,21,27-28,30H,13,17H2,1-3H3;1-2H3/b15-14-,19-4+;. The van der Waals surface area contributed by atoms with Crippen molar-refractivity contribution in [1.82, 2.24) is 25.4 Å². The fourth-order valence-corrected chi connectivity index (χ4v) is 4.63. The summed E-state index contributed by atoms with van der Waals surface area (Å²) in [6, 6.07) is 10.3. The average Bonchev–Trinajstić information content (AvgIpc) is 3.27. The van der Waals surface area contributed by atoms with Crippen molar-refractivity contribution in [2.45, 2.75) is 32.4 Å². The minimum absolute atomic E-state index is 0.370. The molecular formula is C27H35BrN6S. The highest BCUT2D eigenvalue weighted by Crippen LogP contribution is 2.29. The molecule has 1 unspecified atom stereocenters. The van der Waals surface area contributed by atoms with Crippen LogP contribution < -0.4 is 15.5 Å². The monoisotopic (exact) mass is 554 g/mol. The molecule has 1 aromatic carbocycles. The molecule has 0 bridgehead atoms. The highest BCUT2D eigenvalue weighted by atomic mass is 79.9. The second-order valence-corrected chi connectivity index (χ2v) is 9.96. The van der Waals surface area contributed by atoms with Gasteiger partial charge in [-0.25, -0.2) is 15.4 Å².